The van der Waals surface area contributed by atoms with E-state index in [0.29, 0.717) is 12.1 Å². The molecule has 0 amide bonds. The molecule has 0 atom stereocenters. The van der Waals surface area contributed by atoms with E-state index in [9.17, 15) is 0 Å². The predicted molar refractivity (Wildman–Crippen MR) is 130 cm³/mol. The van der Waals surface area contributed by atoms with Crippen molar-refractivity contribution in [2.45, 2.75) is 58.0 Å². The number of halogens is 1. The minimum atomic E-state index is 0. The topological polar surface area (TPSA) is 48.9 Å². The van der Waals surface area contributed by atoms with Gasteiger partial charge >= 0.3 is 0 Å². The number of rotatable bonds is 10. The van der Waals surface area contributed by atoms with Crippen molar-refractivity contribution in [1.29, 1.82) is 0 Å². The lowest BCUT2D eigenvalue weighted by Crippen LogP contribution is -2.49. The maximum absolute atomic E-state index is 5.74. The quantitative estimate of drug-likeness (QED) is 0.222. The average Bonchev–Trinajstić information content (AvgIpc) is 2.70. The van der Waals surface area contributed by atoms with Crippen molar-refractivity contribution in [3.63, 3.8) is 0 Å². The van der Waals surface area contributed by atoms with Crippen LogP contribution in [0.5, 0.6) is 0 Å². The Morgan fingerprint density at radius 3 is 2.50 bits per heavy atom. The summed E-state index contributed by atoms with van der Waals surface area (Å²) >= 11 is 0. The fourth-order valence-corrected chi connectivity index (χ4v) is 3.42. The van der Waals surface area contributed by atoms with Crippen LogP contribution in [-0.2, 0) is 11.2 Å². The molecule has 0 bridgehead atoms. The third kappa shape index (κ3) is 10.1. The first kappa shape index (κ1) is 25.2. The van der Waals surface area contributed by atoms with Crippen molar-refractivity contribution in [2.75, 3.05) is 39.9 Å². The molecule has 1 aromatic rings. The van der Waals surface area contributed by atoms with Gasteiger partial charge in [0.2, 0.25) is 0 Å². The number of likely N-dealkylation sites (tertiary alicyclic amines) is 1. The summed E-state index contributed by atoms with van der Waals surface area (Å²) in [5.41, 5.74) is 1.34. The van der Waals surface area contributed by atoms with Gasteiger partial charge in [-0.1, -0.05) is 30.3 Å². The maximum Gasteiger partial charge on any atom is 0.191 e. The van der Waals surface area contributed by atoms with Crippen LogP contribution in [0.1, 0.15) is 45.1 Å². The molecule has 1 fully saturated rings. The van der Waals surface area contributed by atoms with Crippen LogP contribution >= 0.6 is 24.0 Å². The van der Waals surface area contributed by atoms with Gasteiger partial charge in [-0.25, -0.2) is 0 Å². The van der Waals surface area contributed by atoms with Crippen LogP contribution in [0.15, 0.2) is 35.3 Å². The molecule has 1 aromatic carbocycles. The smallest absolute Gasteiger partial charge is 0.191 e. The Balaban J connectivity index is 0.00000392. The van der Waals surface area contributed by atoms with Crippen LogP contribution in [0.25, 0.3) is 0 Å². The fourth-order valence-electron chi connectivity index (χ4n) is 3.42. The van der Waals surface area contributed by atoms with Crippen LogP contribution in [0.3, 0.4) is 0 Å². The molecule has 0 saturated carbocycles. The molecule has 0 unspecified atom stereocenters. The monoisotopic (exact) mass is 502 g/mol. The number of hydrogen-bond acceptors (Lipinski definition) is 3. The summed E-state index contributed by atoms with van der Waals surface area (Å²) in [7, 11) is 1.85. The zero-order valence-electron chi connectivity index (χ0n) is 17.8. The van der Waals surface area contributed by atoms with Crippen LogP contribution in [0, 0.1) is 0 Å². The molecular weight excluding hydrogens is 463 g/mol. The molecule has 1 aliphatic rings. The second kappa shape index (κ2) is 15.0. The number of benzene rings is 1. The Morgan fingerprint density at radius 2 is 1.86 bits per heavy atom. The molecule has 1 saturated heterocycles. The van der Waals surface area contributed by atoms with Gasteiger partial charge in [-0.2, -0.15) is 0 Å². The van der Waals surface area contributed by atoms with E-state index in [1.165, 1.54) is 31.5 Å². The van der Waals surface area contributed by atoms with Gasteiger partial charge in [0, 0.05) is 45.4 Å². The maximum atomic E-state index is 5.74. The first-order valence-corrected chi connectivity index (χ1v) is 10.5. The highest BCUT2D eigenvalue weighted by molar-refractivity contribution is 14.0. The molecule has 1 aliphatic heterocycles. The first-order chi connectivity index (χ1) is 13.2. The number of nitrogens with one attached hydrogen (secondary N) is 2. The molecule has 160 valence electrons. The minimum absolute atomic E-state index is 0. The Morgan fingerprint density at radius 1 is 1.14 bits per heavy atom. The number of unbranched alkanes of at least 4 members (excludes halogenated alkanes) is 1. The molecule has 0 aliphatic carbocycles. The van der Waals surface area contributed by atoms with Gasteiger partial charge in [0.05, 0.1) is 6.61 Å². The molecule has 0 radical (unpaired) electrons. The van der Waals surface area contributed by atoms with Gasteiger partial charge in [0.15, 0.2) is 5.96 Å². The van der Waals surface area contributed by atoms with E-state index < -0.39 is 0 Å². The van der Waals surface area contributed by atoms with Gasteiger partial charge in [0.25, 0.3) is 0 Å². The zero-order chi connectivity index (χ0) is 19.3. The van der Waals surface area contributed by atoms with Crippen molar-refractivity contribution >= 4 is 29.9 Å². The van der Waals surface area contributed by atoms with Crippen LogP contribution in [-0.4, -0.2) is 62.8 Å². The van der Waals surface area contributed by atoms with Crippen molar-refractivity contribution in [3.8, 4) is 0 Å². The van der Waals surface area contributed by atoms with E-state index in [1.54, 1.807) is 0 Å². The van der Waals surface area contributed by atoms with E-state index in [-0.39, 0.29) is 24.0 Å². The summed E-state index contributed by atoms with van der Waals surface area (Å²) in [5, 5.41) is 7.01. The van der Waals surface area contributed by atoms with Crippen molar-refractivity contribution in [3.05, 3.63) is 35.9 Å². The summed E-state index contributed by atoms with van der Waals surface area (Å²) in [4.78, 5) is 6.91. The largest absolute Gasteiger partial charge is 0.381 e. The lowest BCUT2D eigenvalue weighted by Gasteiger charge is -2.35. The zero-order valence-corrected chi connectivity index (χ0v) is 20.2. The van der Waals surface area contributed by atoms with E-state index in [1.807, 2.05) is 7.05 Å². The molecule has 28 heavy (non-hydrogen) atoms. The molecule has 2 N–H and O–H groups in total. The number of ether oxygens (including phenoxy) is 1. The molecule has 1 heterocycles. The van der Waals surface area contributed by atoms with Crippen molar-refractivity contribution in [2.24, 2.45) is 4.99 Å². The minimum Gasteiger partial charge on any atom is -0.381 e. The van der Waals surface area contributed by atoms with E-state index >= 15 is 0 Å². The second-order valence-corrected chi connectivity index (χ2v) is 7.60. The lowest BCUT2D eigenvalue weighted by molar-refractivity contribution is 0.133. The number of guanidine groups is 1. The van der Waals surface area contributed by atoms with Crippen molar-refractivity contribution in [1.82, 2.24) is 15.5 Å². The Labute approximate surface area is 188 Å². The molecule has 5 nitrogen and oxygen atoms in total. The number of hydrogen-bond donors (Lipinski definition) is 2. The average molecular weight is 502 g/mol. The highest BCUT2D eigenvalue weighted by atomic mass is 127. The van der Waals surface area contributed by atoms with Crippen molar-refractivity contribution < 1.29 is 4.74 Å². The fraction of sp³-hybridized carbons (Fsp3) is 0.682. The second-order valence-electron chi connectivity index (χ2n) is 7.60. The van der Waals surface area contributed by atoms with E-state index in [2.05, 4.69) is 64.7 Å². The van der Waals surface area contributed by atoms with Gasteiger partial charge in [-0.05, 0) is 51.5 Å². The van der Waals surface area contributed by atoms with Crippen LogP contribution in [0.4, 0.5) is 0 Å². The van der Waals surface area contributed by atoms with Crippen LogP contribution < -0.4 is 10.6 Å². The summed E-state index contributed by atoms with van der Waals surface area (Å²) in [6, 6.07) is 11.7. The summed E-state index contributed by atoms with van der Waals surface area (Å²) < 4.78 is 5.74. The molecule has 0 aromatic heterocycles. The highest BCUT2D eigenvalue weighted by Gasteiger charge is 2.21. The van der Waals surface area contributed by atoms with Gasteiger partial charge in [0.1, 0.15) is 0 Å². The van der Waals surface area contributed by atoms with Gasteiger partial charge < -0.3 is 20.3 Å². The number of aliphatic imine (C=N–C) groups is 1. The van der Waals surface area contributed by atoms with Crippen LogP contribution in [0.2, 0.25) is 0 Å². The van der Waals surface area contributed by atoms with Gasteiger partial charge in [-0.15, -0.1) is 24.0 Å². The van der Waals surface area contributed by atoms with E-state index in [0.717, 1.165) is 45.0 Å². The molecule has 2 rings (SSSR count). The highest BCUT2D eigenvalue weighted by Crippen LogP contribution is 2.12. The Kier molecular flexibility index (Phi) is 13.5. The molecule has 6 heteroatoms. The number of nitrogens with zero attached hydrogens (tertiary/aromatic N) is 2. The molecular formula is C22H39IN4O. The Hall–Kier alpha value is -0.860. The summed E-state index contributed by atoms with van der Waals surface area (Å²) in [6.45, 7) is 9.47. The SMILES string of the molecule is CN=C(NCCCCOCCc1ccccc1)NC1CCN(C(C)C)CC1.I. The first-order valence-electron chi connectivity index (χ1n) is 10.5. The third-order valence-electron chi connectivity index (χ3n) is 5.21. The van der Waals surface area contributed by atoms with E-state index in [4.69, 9.17) is 4.74 Å². The Bertz CT molecular complexity index is 531. The summed E-state index contributed by atoms with van der Waals surface area (Å²) in [6.07, 6.45) is 5.54. The number of piperidine rings is 1. The standard InChI is InChI=1S/C22H38N4O.HI/c1-19(2)26-15-11-21(12-16-26)25-22(23-3)24-14-7-8-17-27-18-13-20-9-5-4-6-10-20;/h4-6,9-10,19,21H,7-8,11-18H2,1-3H3,(H2,23,24,25);1H. The normalized spacial score (nSPS) is 16.1. The predicted octanol–water partition coefficient (Wildman–Crippen LogP) is 3.68. The lowest BCUT2D eigenvalue weighted by atomic mass is 10.0. The molecule has 0 spiro atoms. The third-order valence-corrected chi connectivity index (χ3v) is 5.21. The van der Waals surface area contributed by atoms with Gasteiger partial charge in [-0.3, -0.25) is 4.99 Å². The summed E-state index contributed by atoms with van der Waals surface area (Å²) in [5.74, 6) is 0.933.